The van der Waals surface area contributed by atoms with Gasteiger partial charge in [-0.2, -0.15) is 0 Å². The van der Waals surface area contributed by atoms with Gasteiger partial charge in [0.2, 0.25) is 5.91 Å². The minimum absolute atomic E-state index is 0.290. The van der Waals surface area contributed by atoms with Gasteiger partial charge in [0.05, 0.1) is 0 Å². The normalized spacial score (nSPS) is 16.4. The van der Waals surface area contributed by atoms with E-state index in [-0.39, 0.29) is 5.91 Å². The standard InChI is InChI=1S/C22H27N3O3/c23-22(28)24-21(27)20(18-4-2-1-3-5-18)25-14-12-17(13-15-25)7-6-16-8-10-19(26)11-9-16/h1-5,8-11,17,20,26H,6-7,12-15H2,(H3,23,24,27,28). The van der Waals surface area contributed by atoms with E-state index in [0.717, 1.165) is 44.3 Å². The molecule has 1 heterocycles. The maximum absolute atomic E-state index is 12.6. The molecule has 1 fully saturated rings. The molecule has 1 aliphatic heterocycles. The minimum Gasteiger partial charge on any atom is -0.508 e. The highest BCUT2D eigenvalue weighted by atomic mass is 16.3. The van der Waals surface area contributed by atoms with Crippen LogP contribution in [0, 0.1) is 5.92 Å². The molecule has 0 radical (unpaired) electrons. The highest BCUT2D eigenvalue weighted by molar-refractivity contribution is 5.96. The number of aromatic hydroxyl groups is 1. The van der Waals surface area contributed by atoms with Crippen LogP contribution < -0.4 is 11.1 Å². The fourth-order valence-corrected chi connectivity index (χ4v) is 3.89. The van der Waals surface area contributed by atoms with Gasteiger partial charge < -0.3 is 10.8 Å². The first-order valence-corrected chi connectivity index (χ1v) is 9.70. The summed E-state index contributed by atoms with van der Waals surface area (Å²) in [6, 6.07) is 15.5. The van der Waals surface area contributed by atoms with Crippen molar-refractivity contribution in [2.75, 3.05) is 13.1 Å². The fraction of sp³-hybridized carbons (Fsp3) is 0.364. The lowest BCUT2D eigenvalue weighted by molar-refractivity contribution is -0.126. The molecule has 28 heavy (non-hydrogen) atoms. The predicted octanol–water partition coefficient (Wildman–Crippen LogP) is 2.97. The van der Waals surface area contributed by atoms with Gasteiger partial charge in [0.1, 0.15) is 11.8 Å². The number of urea groups is 1. The molecule has 3 amide bonds. The third-order valence-corrected chi connectivity index (χ3v) is 5.40. The lowest BCUT2D eigenvalue weighted by Gasteiger charge is -2.37. The molecule has 3 rings (SSSR count). The van der Waals surface area contributed by atoms with E-state index < -0.39 is 12.1 Å². The highest BCUT2D eigenvalue weighted by Gasteiger charge is 2.31. The number of nitrogens with zero attached hydrogens (tertiary/aromatic N) is 1. The van der Waals surface area contributed by atoms with Crippen molar-refractivity contribution in [2.45, 2.75) is 31.7 Å². The van der Waals surface area contributed by atoms with Gasteiger partial charge in [-0.1, -0.05) is 42.5 Å². The van der Waals surface area contributed by atoms with E-state index in [1.807, 2.05) is 42.5 Å². The summed E-state index contributed by atoms with van der Waals surface area (Å²) in [5.74, 6) is 0.514. The zero-order valence-electron chi connectivity index (χ0n) is 15.9. The maximum atomic E-state index is 12.6. The second-order valence-electron chi connectivity index (χ2n) is 7.35. The molecule has 2 aromatic rings. The van der Waals surface area contributed by atoms with E-state index in [1.54, 1.807) is 12.1 Å². The summed E-state index contributed by atoms with van der Waals surface area (Å²) in [6.07, 6.45) is 4.08. The van der Waals surface area contributed by atoms with Gasteiger partial charge in [-0.15, -0.1) is 0 Å². The number of carbonyl (C=O) groups is 2. The molecular formula is C22H27N3O3. The molecule has 6 heteroatoms. The van der Waals surface area contributed by atoms with Crippen LogP contribution in [0.25, 0.3) is 0 Å². The summed E-state index contributed by atoms with van der Waals surface area (Å²) in [5, 5.41) is 11.6. The Morgan fingerprint density at radius 1 is 1.07 bits per heavy atom. The van der Waals surface area contributed by atoms with E-state index >= 15 is 0 Å². The van der Waals surface area contributed by atoms with Gasteiger partial charge in [-0.25, -0.2) is 4.79 Å². The van der Waals surface area contributed by atoms with Crippen LogP contribution in [0.5, 0.6) is 5.75 Å². The average molecular weight is 381 g/mol. The number of nitrogens with two attached hydrogens (primary N) is 1. The number of nitrogens with one attached hydrogen (secondary N) is 1. The number of primary amides is 1. The SMILES string of the molecule is NC(=O)NC(=O)C(c1ccccc1)N1CCC(CCc2ccc(O)cc2)CC1. The molecule has 1 aliphatic rings. The fourth-order valence-electron chi connectivity index (χ4n) is 3.89. The predicted molar refractivity (Wildman–Crippen MR) is 108 cm³/mol. The van der Waals surface area contributed by atoms with Crippen molar-refractivity contribution in [1.29, 1.82) is 0 Å². The maximum Gasteiger partial charge on any atom is 0.318 e. The van der Waals surface area contributed by atoms with E-state index in [1.165, 1.54) is 5.56 Å². The van der Waals surface area contributed by atoms with E-state index in [9.17, 15) is 14.7 Å². The zero-order valence-corrected chi connectivity index (χ0v) is 15.9. The zero-order chi connectivity index (χ0) is 19.9. The van der Waals surface area contributed by atoms with Crippen LogP contribution in [0.2, 0.25) is 0 Å². The average Bonchev–Trinajstić information content (AvgIpc) is 2.69. The van der Waals surface area contributed by atoms with Gasteiger partial charge in [0.15, 0.2) is 0 Å². The minimum atomic E-state index is -0.824. The second-order valence-corrected chi connectivity index (χ2v) is 7.35. The number of likely N-dealkylation sites (tertiary alicyclic amines) is 1. The Balaban J connectivity index is 1.59. The number of carbonyl (C=O) groups excluding carboxylic acids is 2. The Hall–Kier alpha value is -2.86. The Kier molecular flexibility index (Phi) is 6.66. The number of aryl methyl sites for hydroxylation is 1. The molecule has 6 nitrogen and oxygen atoms in total. The lowest BCUT2D eigenvalue weighted by Crippen LogP contribution is -2.47. The molecule has 0 aliphatic carbocycles. The van der Waals surface area contributed by atoms with Crippen molar-refractivity contribution in [1.82, 2.24) is 10.2 Å². The third kappa shape index (κ3) is 5.33. The van der Waals surface area contributed by atoms with Crippen LogP contribution in [0.15, 0.2) is 54.6 Å². The van der Waals surface area contributed by atoms with Crippen LogP contribution >= 0.6 is 0 Å². The van der Waals surface area contributed by atoms with Crippen LogP contribution in [-0.4, -0.2) is 35.0 Å². The van der Waals surface area contributed by atoms with Crippen LogP contribution in [0.4, 0.5) is 4.79 Å². The summed E-state index contributed by atoms with van der Waals surface area (Å²) >= 11 is 0. The van der Waals surface area contributed by atoms with Crippen molar-refractivity contribution in [2.24, 2.45) is 11.7 Å². The molecule has 1 unspecified atom stereocenters. The second kappa shape index (κ2) is 9.37. The van der Waals surface area contributed by atoms with Crippen LogP contribution in [0.1, 0.15) is 36.4 Å². The number of imide groups is 1. The van der Waals surface area contributed by atoms with Gasteiger partial charge in [-0.05, 0) is 68.0 Å². The van der Waals surface area contributed by atoms with Crippen molar-refractivity contribution in [3.8, 4) is 5.75 Å². The number of phenolic OH excluding ortho intramolecular Hbond substituents is 1. The number of hydrogen-bond acceptors (Lipinski definition) is 4. The quantitative estimate of drug-likeness (QED) is 0.717. The largest absolute Gasteiger partial charge is 0.508 e. The summed E-state index contributed by atoms with van der Waals surface area (Å²) in [4.78, 5) is 25.9. The molecule has 1 saturated heterocycles. The molecule has 4 N–H and O–H groups in total. The number of benzene rings is 2. The Bertz CT molecular complexity index is 784. The molecule has 0 spiro atoms. The Morgan fingerprint density at radius 2 is 1.71 bits per heavy atom. The summed E-state index contributed by atoms with van der Waals surface area (Å²) < 4.78 is 0. The third-order valence-electron chi connectivity index (χ3n) is 5.40. The molecule has 1 atom stereocenters. The molecule has 148 valence electrons. The topological polar surface area (TPSA) is 95.7 Å². The van der Waals surface area contributed by atoms with Crippen molar-refractivity contribution >= 4 is 11.9 Å². The molecule has 0 bridgehead atoms. The molecule has 0 saturated carbocycles. The first-order chi connectivity index (χ1) is 13.5. The smallest absolute Gasteiger partial charge is 0.318 e. The Labute approximate surface area is 165 Å². The van der Waals surface area contributed by atoms with E-state index in [0.29, 0.717) is 11.7 Å². The Morgan fingerprint density at radius 3 is 2.32 bits per heavy atom. The number of phenols is 1. The monoisotopic (exact) mass is 381 g/mol. The summed E-state index contributed by atoms with van der Waals surface area (Å²) in [7, 11) is 0. The summed E-state index contributed by atoms with van der Waals surface area (Å²) in [5.41, 5.74) is 7.25. The van der Waals surface area contributed by atoms with Crippen molar-refractivity contribution in [3.05, 3.63) is 65.7 Å². The van der Waals surface area contributed by atoms with Gasteiger partial charge in [0.25, 0.3) is 0 Å². The van der Waals surface area contributed by atoms with Gasteiger partial charge in [-0.3, -0.25) is 15.0 Å². The van der Waals surface area contributed by atoms with E-state index in [2.05, 4.69) is 10.2 Å². The first kappa shape index (κ1) is 19.9. The molecule has 0 aromatic heterocycles. The van der Waals surface area contributed by atoms with Gasteiger partial charge >= 0.3 is 6.03 Å². The van der Waals surface area contributed by atoms with Crippen molar-refractivity contribution < 1.29 is 14.7 Å². The number of rotatable bonds is 6. The number of hydrogen-bond donors (Lipinski definition) is 3. The number of amides is 3. The lowest BCUT2D eigenvalue weighted by atomic mass is 9.89. The summed E-state index contributed by atoms with van der Waals surface area (Å²) in [6.45, 7) is 1.60. The van der Waals surface area contributed by atoms with Gasteiger partial charge in [0, 0.05) is 0 Å². The first-order valence-electron chi connectivity index (χ1n) is 9.70. The highest BCUT2D eigenvalue weighted by Crippen LogP contribution is 2.29. The number of piperidine rings is 1. The van der Waals surface area contributed by atoms with Crippen molar-refractivity contribution in [3.63, 3.8) is 0 Å². The van der Waals surface area contributed by atoms with E-state index in [4.69, 9.17) is 5.73 Å². The van der Waals surface area contributed by atoms with Crippen LogP contribution in [0.3, 0.4) is 0 Å². The molecule has 2 aromatic carbocycles. The van der Waals surface area contributed by atoms with Crippen LogP contribution in [-0.2, 0) is 11.2 Å². The molecular weight excluding hydrogens is 354 g/mol.